The number of halogens is 1. The SMILES string of the molecule is CN=C(NCCCCSC)NCc1cccc(Cl)c1. The minimum atomic E-state index is 0.727. The third kappa shape index (κ3) is 7.33. The summed E-state index contributed by atoms with van der Waals surface area (Å²) in [7, 11) is 1.79. The van der Waals surface area contributed by atoms with Crippen LogP contribution in [0.3, 0.4) is 0 Å². The van der Waals surface area contributed by atoms with Crippen molar-refractivity contribution >= 4 is 29.3 Å². The molecule has 0 radical (unpaired) electrons. The highest BCUT2D eigenvalue weighted by Gasteiger charge is 1.98. The number of unbranched alkanes of at least 4 members (excludes halogenated alkanes) is 1. The zero-order chi connectivity index (χ0) is 13.9. The topological polar surface area (TPSA) is 36.4 Å². The van der Waals surface area contributed by atoms with Gasteiger partial charge in [-0.2, -0.15) is 11.8 Å². The van der Waals surface area contributed by atoms with Gasteiger partial charge in [-0.3, -0.25) is 4.99 Å². The van der Waals surface area contributed by atoms with Crippen LogP contribution in [0.1, 0.15) is 18.4 Å². The first-order valence-electron chi connectivity index (χ1n) is 6.44. The normalized spacial score (nSPS) is 11.4. The van der Waals surface area contributed by atoms with Gasteiger partial charge in [0.05, 0.1) is 0 Å². The van der Waals surface area contributed by atoms with Crippen LogP contribution in [-0.2, 0) is 6.54 Å². The van der Waals surface area contributed by atoms with E-state index in [2.05, 4.69) is 21.9 Å². The second-order valence-corrected chi connectivity index (χ2v) is 5.60. The van der Waals surface area contributed by atoms with Crippen LogP contribution in [-0.4, -0.2) is 31.6 Å². The van der Waals surface area contributed by atoms with Gasteiger partial charge in [0, 0.05) is 25.2 Å². The van der Waals surface area contributed by atoms with Crippen molar-refractivity contribution in [3.8, 4) is 0 Å². The minimum absolute atomic E-state index is 0.727. The number of guanidine groups is 1. The van der Waals surface area contributed by atoms with Crippen molar-refractivity contribution in [2.75, 3.05) is 25.6 Å². The van der Waals surface area contributed by atoms with E-state index in [1.165, 1.54) is 18.6 Å². The lowest BCUT2D eigenvalue weighted by atomic mass is 10.2. The van der Waals surface area contributed by atoms with E-state index >= 15 is 0 Å². The van der Waals surface area contributed by atoms with Crippen molar-refractivity contribution in [3.63, 3.8) is 0 Å². The average molecular weight is 300 g/mol. The molecule has 0 aromatic heterocycles. The zero-order valence-corrected chi connectivity index (χ0v) is 13.2. The van der Waals surface area contributed by atoms with E-state index < -0.39 is 0 Å². The van der Waals surface area contributed by atoms with Gasteiger partial charge in [0.2, 0.25) is 0 Å². The average Bonchev–Trinajstić information content (AvgIpc) is 2.42. The number of nitrogens with one attached hydrogen (secondary N) is 2. The first-order valence-corrected chi connectivity index (χ1v) is 8.21. The Morgan fingerprint density at radius 3 is 2.84 bits per heavy atom. The number of nitrogens with zero attached hydrogens (tertiary/aromatic N) is 1. The first-order chi connectivity index (χ1) is 9.26. The summed E-state index contributed by atoms with van der Waals surface area (Å²) >= 11 is 7.84. The van der Waals surface area contributed by atoms with Crippen molar-refractivity contribution in [1.82, 2.24) is 10.6 Å². The van der Waals surface area contributed by atoms with Gasteiger partial charge >= 0.3 is 0 Å². The lowest BCUT2D eigenvalue weighted by Gasteiger charge is -2.11. The molecule has 0 saturated heterocycles. The molecule has 0 saturated carbocycles. The molecule has 3 nitrogen and oxygen atoms in total. The van der Waals surface area contributed by atoms with Gasteiger partial charge in [0.1, 0.15) is 0 Å². The largest absolute Gasteiger partial charge is 0.356 e. The predicted octanol–water partition coefficient (Wildman–Crippen LogP) is 3.15. The molecule has 0 spiro atoms. The Morgan fingerprint density at radius 2 is 2.16 bits per heavy atom. The fraction of sp³-hybridized carbons (Fsp3) is 0.500. The van der Waals surface area contributed by atoms with Gasteiger partial charge in [-0.05, 0) is 42.5 Å². The molecule has 0 amide bonds. The van der Waals surface area contributed by atoms with Crippen molar-refractivity contribution < 1.29 is 0 Å². The molecular formula is C14H22ClN3S. The second-order valence-electron chi connectivity index (χ2n) is 4.18. The highest BCUT2D eigenvalue weighted by molar-refractivity contribution is 7.98. The molecule has 5 heteroatoms. The van der Waals surface area contributed by atoms with E-state index in [0.29, 0.717) is 0 Å². The molecule has 0 fully saturated rings. The number of aliphatic imine (C=N–C) groups is 1. The van der Waals surface area contributed by atoms with Crippen LogP contribution in [0.5, 0.6) is 0 Å². The van der Waals surface area contributed by atoms with Gasteiger partial charge in [-0.25, -0.2) is 0 Å². The summed E-state index contributed by atoms with van der Waals surface area (Å²) in [6.07, 6.45) is 4.54. The van der Waals surface area contributed by atoms with E-state index in [1.807, 2.05) is 36.0 Å². The Bertz CT molecular complexity index is 396. The Hall–Kier alpha value is -0.870. The molecule has 0 aliphatic rings. The summed E-state index contributed by atoms with van der Waals surface area (Å²) in [6.45, 7) is 1.68. The maximum atomic E-state index is 5.95. The highest BCUT2D eigenvalue weighted by Crippen LogP contribution is 2.10. The molecule has 0 unspecified atom stereocenters. The van der Waals surface area contributed by atoms with Crippen molar-refractivity contribution in [2.24, 2.45) is 4.99 Å². The highest BCUT2D eigenvalue weighted by atomic mass is 35.5. The predicted molar refractivity (Wildman–Crippen MR) is 87.3 cm³/mol. The Morgan fingerprint density at radius 1 is 1.32 bits per heavy atom. The molecule has 0 aliphatic carbocycles. The smallest absolute Gasteiger partial charge is 0.191 e. The number of hydrogen-bond donors (Lipinski definition) is 2. The maximum Gasteiger partial charge on any atom is 0.191 e. The molecule has 19 heavy (non-hydrogen) atoms. The second kappa shape index (κ2) is 9.98. The maximum absolute atomic E-state index is 5.95. The Kier molecular flexibility index (Phi) is 8.50. The molecular weight excluding hydrogens is 278 g/mol. The molecule has 1 aromatic rings. The summed E-state index contributed by atoms with van der Waals surface area (Å²) in [4.78, 5) is 4.20. The van der Waals surface area contributed by atoms with E-state index in [4.69, 9.17) is 11.6 Å². The summed E-state index contributed by atoms with van der Waals surface area (Å²) < 4.78 is 0. The van der Waals surface area contributed by atoms with E-state index in [0.717, 1.165) is 29.6 Å². The van der Waals surface area contributed by atoms with Gasteiger partial charge in [-0.1, -0.05) is 23.7 Å². The molecule has 0 heterocycles. The van der Waals surface area contributed by atoms with Crippen LogP contribution in [0, 0.1) is 0 Å². The fourth-order valence-electron chi connectivity index (χ4n) is 1.63. The van der Waals surface area contributed by atoms with Crippen LogP contribution in [0.4, 0.5) is 0 Å². The zero-order valence-electron chi connectivity index (χ0n) is 11.6. The molecule has 106 valence electrons. The van der Waals surface area contributed by atoms with E-state index in [9.17, 15) is 0 Å². The lowest BCUT2D eigenvalue weighted by Crippen LogP contribution is -2.37. The minimum Gasteiger partial charge on any atom is -0.356 e. The third-order valence-corrected chi connectivity index (χ3v) is 3.57. The fourth-order valence-corrected chi connectivity index (χ4v) is 2.34. The summed E-state index contributed by atoms with van der Waals surface area (Å²) in [6, 6.07) is 7.84. The van der Waals surface area contributed by atoms with Gasteiger partial charge < -0.3 is 10.6 Å². The molecule has 1 aromatic carbocycles. The van der Waals surface area contributed by atoms with Crippen LogP contribution < -0.4 is 10.6 Å². The molecule has 0 bridgehead atoms. The van der Waals surface area contributed by atoms with Crippen molar-refractivity contribution in [2.45, 2.75) is 19.4 Å². The van der Waals surface area contributed by atoms with Crippen LogP contribution in [0.25, 0.3) is 0 Å². The molecule has 2 N–H and O–H groups in total. The van der Waals surface area contributed by atoms with Crippen molar-refractivity contribution in [1.29, 1.82) is 0 Å². The number of hydrogen-bond acceptors (Lipinski definition) is 2. The number of thioether (sulfide) groups is 1. The van der Waals surface area contributed by atoms with Crippen LogP contribution in [0.15, 0.2) is 29.3 Å². The summed E-state index contributed by atoms with van der Waals surface area (Å²) in [5, 5.41) is 7.35. The third-order valence-electron chi connectivity index (χ3n) is 2.64. The standard InChI is InChI=1S/C14H22ClN3S/c1-16-14(17-8-3-4-9-19-2)18-11-12-6-5-7-13(15)10-12/h5-7,10H,3-4,8-9,11H2,1-2H3,(H2,16,17,18). The van der Waals surface area contributed by atoms with E-state index in [1.54, 1.807) is 7.05 Å². The first kappa shape index (κ1) is 16.2. The Labute approximate surface area is 125 Å². The molecule has 0 aliphatic heterocycles. The van der Waals surface area contributed by atoms with Gasteiger partial charge in [0.25, 0.3) is 0 Å². The summed E-state index contributed by atoms with van der Waals surface area (Å²) in [5.74, 6) is 2.06. The number of benzene rings is 1. The summed E-state index contributed by atoms with van der Waals surface area (Å²) in [5.41, 5.74) is 1.15. The lowest BCUT2D eigenvalue weighted by molar-refractivity contribution is 0.733. The van der Waals surface area contributed by atoms with E-state index in [-0.39, 0.29) is 0 Å². The van der Waals surface area contributed by atoms with Crippen molar-refractivity contribution in [3.05, 3.63) is 34.9 Å². The Balaban J connectivity index is 2.25. The molecule has 1 rings (SSSR count). The van der Waals surface area contributed by atoms with Gasteiger partial charge in [-0.15, -0.1) is 0 Å². The van der Waals surface area contributed by atoms with Crippen LogP contribution in [0.2, 0.25) is 5.02 Å². The number of rotatable bonds is 7. The van der Waals surface area contributed by atoms with Gasteiger partial charge in [0.15, 0.2) is 5.96 Å². The monoisotopic (exact) mass is 299 g/mol. The molecule has 0 atom stereocenters. The van der Waals surface area contributed by atoms with Crippen LogP contribution >= 0.6 is 23.4 Å². The quantitative estimate of drug-likeness (QED) is 0.461.